The number of rotatable bonds is 4. The van der Waals surface area contributed by atoms with E-state index in [0.29, 0.717) is 11.1 Å². The average molecular weight is 366 g/mol. The number of aromatic nitrogens is 1. The van der Waals surface area contributed by atoms with Gasteiger partial charge in [-0.3, -0.25) is 10.1 Å². The molecule has 0 atom stereocenters. The zero-order valence-corrected chi connectivity index (χ0v) is 15.1. The first kappa shape index (κ1) is 19.5. The van der Waals surface area contributed by atoms with Gasteiger partial charge in [-0.2, -0.15) is 5.26 Å². The van der Waals surface area contributed by atoms with Crippen molar-refractivity contribution in [2.24, 2.45) is 5.73 Å². The lowest BCUT2D eigenvalue weighted by molar-refractivity contribution is -0.115. The standard InChI is InChI=1S/C19H18N4O4/c1-11-7-14(8-15(10-20)17(24)22-19(21)26)12(2)23(11)16-6-4-5-13(9-16)18(25)27-3/h4-9H,1-3H3,(H3,21,22,24,26)/b15-8-. The van der Waals surface area contributed by atoms with Crippen LogP contribution in [0.1, 0.15) is 27.3 Å². The molecule has 0 unspecified atom stereocenters. The van der Waals surface area contributed by atoms with Gasteiger partial charge in [0.1, 0.15) is 11.6 Å². The Morgan fingerprint density at radius 3 is 2.56 bits per heavy atom. The van der Waals surface area contributed by atoms with Crippen molar-refractivity contribution in [3.8, 4) is 11.8 Å². The number of aryl methyl sites for hydroxylation is 1. The first-order chi connectivity index (χ1) is 12.8. The highest BCUT2D eigenvalue weighted by Crippen LogP contribution is 2.23. The molecule has 27 heavy (non-hydrogen) atoms. The average Bonchev–Trinajstić information content (AvgIpc) is 2.91. The number of carbonyl (C=O) groups excluding carboxylic acids is 3. The van der Waals surface area contributed by atoms with E-state index < -0.39 is 17.9 Å². The van der Waals surface area contributed by atoms with E-state index in [0.717, 1.165) is 17.1 Å². The number of nitrogens with one attached hydrogen (secondary N) is 1. The second-order valence-electron chi connectivity index (χ2n) is 5.69. The smallest absolute Gasteiger partial charge is 0.337 e. The summed E-state index contributed by atoms with van der Waals surface area (Å²) in [5.41, 5.74) is 7.98. The third-order valence-corrected chi connectivity index (χ3v) is 3.90. The minimum atomic E-state index is -1.04. The fraction of sp³-hybridized carbons (Fsp3) is 0.158. The second kappa shape index (κ2) is 8.01. The van der Waals surface area contributed by atoms with E-state index in [1.807, 2.05) is 29.8 Å². The predicted octanol–water partition coefficient (Wildman–Crippen LogP) is 1.98. The van der Waals surface area contributed by atoms with Crippen LogP contribution >= 0.6 is 0 Å². The lowest BCUT2D eigenvalue weighted by Gasteiger charge is -2.11. The summed E-state index contributed by atoms with van der Waals surface area (Å²) in [6.45, 7) is 3.66. The molecule has 0 saturated heterocycles. The second-order valence-corrected chi connectivity index (χ2v) is 5.69. The SMILES string of the molecule is COC(=O)c1cccc(-n2c(C)cc(/C=C(/C#N)C(=O)NC(N)=O)c2C)c1. The van der Waals surface area contributed by atoms with Gasteiger partial charge in [-0.1, -0.05) is 6.07 Å². The van der Waals surface area contributed by atoms with Crippen LogP contribution in [0.4, 0.5) is 4.79 Å². The van der Waals surface area contributed by atoms with Gasteiger partial charge in [0.25, 0.3) is 5.91 Å². The van der Waals surface area contributed by atoms with Crippen molar-refractivity contribution in [1.82, 2.24) is 9.88 Å². The minimum Gasteiger partial charge on any atom is -0.465 e. The van der Waals surface area contributed by atoms with E-state index in [2.05, 4.69) is 0 Å². The molecule has 0 aliphatic carbocycles. The molecule has 2 aromatic rings. The summed E-state index contributed by atoms with van der Waals surface area (Å²) >= 11 is 0. The number of ether oxygens (including phenoxy) is 1. The van der Waals surface area contributed by atoms with Gasteiger partial charge in [0, 0.05) is 17.1 Å². The molecule has 1 heterocycles. The molecule has 0 saturated carbocycles. The molecule has 0 aliphatic heterocycles. The van der Waals surface area contributed by atoms with Gasteiger partial charge < -0.3 is 15.0 Å². The molecule has 3 N–H and O–H groups in total. The Morgan fingerprint density at radius 1 is 1.26 bits per heavy atom. The van der Waals surface area contributed by atoms with Crippen molar-refractivity contribution in [3.05, 3.63) is 58.4 Å². The molecule has 138 valence electrons. The molecule has 0 radical (unpaired) electrons. The number of amides is 3. The van der Waals surface area contributed by atoms with Gasteiger partial charge in [-0.15, -0.1) is 0 Å². The van der Waals surface area contributed by atoms with Crippen molar-refractivity contribution in [2.45, 2.75) is 13.8 Å². The van der Waals surface area contributed by atoms with Gasteiger partial charge in [0.05, 0.1) is 12.7 Å². The summed E-state index contributed by atoms with van der Waals surface area (Å²) in [7, 11) is 1.31. The van der Waals surface area contributed by atoms with E-state index in [9.17, 15) is 19.6 Å². The monoisotopic (exact) mass is 366 g/mol. The summed E-state index contributed by atoms with van der Waals surface area (Å²) in [4.78, 5) is 34.4. The van der Waals surface area contributed by atoms with Gasteiger partial charge >= 0.3 is 12.0 Å². The fourth-order valence-corrected chi connectivity index (χ4v) is 2.70. The molecule has 0 fully saturated rings. The van der Waals surface area contributed by atoms with Crippen molar-refractivity contribution in [2.75, 3.05) is 7.11 Å². The first-order valence-electron chi connectivity index (χ1n) is 7.88. The molecular weight excluding hydrogens is 348 g/mol. The number of nitriles is 1. The van der Waals surface area contributed by atoms with Crippen LogP contribution in [0.3, 0.4) is 0 Å². The summed E-state index contributed by atoms with van der Waals surface area (Å²) < 4.78 is 6.62. The number of nitrogens with two attached hydrogens (primary N) is 1. The van der Waals surface area contributed by atoms with Crippen molar-refractivity contribution in [1.29, 1.82) is 5.26 Å². The van der Waals surface area contributed by atoms with Crippen molar-refractivity contribution >= 4 is 24.0 Å². The lowest BCUT2D eigenvalue weighted by Crippen LogP contribution is -2.35. The molecule has 1 aromatic carbocycles. The number of urea groups is 1. The van der Waals surface area contributed by atoms with E-state index in [-0.39, 0.29) is 5.57 Å². The van der Waals surface area contributed by atoms with Crippen LogP contribution in [0, 0.1) is 25.2 Å². The normalized spacial score (nSPS) is 10.8. The Bertz CT molecular complexity index is 996. The van der Waals surface area contributed by atoms with Crippen LogP contribution in [-0.2, 0) is 9.53 Å². The van der Waals surface area contributed by atoms with Crippen molar-refractivity contribution in [3.63, 3.8) is 0 Å². The van der Waals surface area contributed by atoms with Crippen LogP contribution in [0.5, 0.6) is 0 Å². The number of nitrogens with zero attached hydrogens (tertiary/aromatic N) is 2. The Kier molecular flexibility index (Phi) is 5.78. The highest BCUT2D eigenvalue weighted by molar-refractivity contribution is 6.08. The molecular formula is C19H18N4O4. The Labute approximate surface area is 155 Å². The Hall–Kier alpha value is -3.86. The van der Waals surface area contributed by atoms with Crippen LogP contribution < -0.4 is 11.1 Å². The molecule has 0 spiro atoms. The number of primary amides is 1. The molecule has 1 aromatic heterocycles. The number of imide groups is 1. The van der Waals surface area contributed by atoms with Crippen LogP contribution in [0.15, 0.2) is 35.9 Å². The van der Waals surface area contributed by atoms with Gasteiger partial charge in [-0.05, 0) is 49.8 Å². The first-order valence-corrected chi connectivity index (χ1v) is 7.88. The summed E-state index contributed by atoms with van der Waals surface area (Å²) in [5, 5.41) is 11.1. The molecule has 0 aliphatic rings. The number of esters is 1. The summed E-state index contributed by atoms with van der Waals surface area (Å²) in [6, 6.07) is 9.39. The predicted molar refractivity (Wildman–Crippen MR) is 97.9 cm³/mol. The Morgan fingerprint density at radius 2 is 1.96 bits per heavy atom. The highest BCUT2D eigenvalue weighted by Gasteiger charge is 2.15. The third kappa shape index (κ3) is 4.22. The minimum absolute atomic E-state index is 0.252. The number of hydrogen-bond donors (Lipinski definition) is 2. The van der Waals surface area contributed by atoms with Crippen molar-refractivity contribution < 1.29 is 19.1 Å². The number of hydrogen-bond acceptors (Lipinski definition) is 5. The van der Waals surface area contributed by atoms with Crippen LogP contribution in [-0.4, -0.2) is 29.6 Å². The van der Waals surface area contributed by atoms with Crippen LogP contribution in [0.2, 0.25) is 0 Å². The zero-order valence-electron chi connectivity index (χ0n) is 15.1. The molecule has 3 amide bonds. The number of carbonyl (C=O) groups is 3. The van der Waals surface area contributed by atoms with Gasteiger partial charge in [0.2, 0.25) is 0 Å². The topological polar surface area (TPSA) is 127 Å². The van der Waals surface area contributed by atoms with E-state index in [1.165, 1.54) is 13.2 Å². The largest absolute Gasteiger partial charge is 0.465 e. The number of methoxy groups -OCH3 is 1. The summed E-state index contributed by atoms with van der Waals surface area (Å²) in [5.74, 6) is -1.32. The van der Waals surface area contributed by atoms with Gasteiger partial charge in [-0.25, -0.2) is 9.59 Å². The Balaban J connectivity index is 2.50. The number of benzene rings is 1. The maximum absolute atomic E-state index is 11.9. The third-order valence-electron chi connectivity index (χ3n) is 3.90. The van der Waals surface area contributed by atoms with Gasteiger partial charge in [0.15, 0.2) is 0 Å². The van der Waals surface area contributed by atoms with E-state index in [1.54, 1.807) is 30.3 Å². The maximum Gasteiger partial charge on any atom is 0.337 e. The zero-order chi connectivity index (χ0) is 20.1. The molecule has 2 rings (SSSR count). The summed E-state index contributed by atoms with van der Waals surface area (Å²) in [6.07, 6.45) is 1.38. The maximum atomic E-state index is 11.9. The fourth-order valence-electron chi connectivity index (χ4n) is 2.70. The molecule has 0 bridgehead atoms. The quantitative estimate of drug-likeness (QED) is 0.486. The molecule has 8 nitrogen and oxygen atoms in total. The van der Waals surface area contributed by atoms with E-state index in [4.69, 9.17) is 10.5 Å². The van der Waals surface area contributed by atoms with Crippen LogP contribution in [0.25, 0.3) is 11.8 Å². The lowest BCUT2D eigenvalue weighted by atomic mass is 10.1. The molecule has 8 heteroatoms. The highest BCUT2D eigenvalue weighted by atomic mass is 16.5. The van der Waals surface area contributed by atoms with E-state index >= 15 is 0 Å².